The van der Waals surface area contributed by atoms with Gasteiger partial charge in [0, 0.05) is 17.2 Å². The molecule has 0 bridgehead atoms. The number of hydrogen-bond donors (Lipinski definition) is 1. The van der Waals surface area contributed by atoms with Crippen molar-refractivity contribution in [2.45, 2.75) is 6.54 Å². The predicted octanol–water partition coefficient (Wildman–Crippen LogP) is 3.00. The quantitative estimate of drug-likeness (QED) is 0.939. The Hall–Kier alpha value is -1.55. The number of halogens is 1. The summed E-state index contributed by atoms with van der Waals surface area (Å²) in [6, 6.07) is 11.4. The summed E-state index contributed by atoms with van der Waals surface area (Å²) in [5, 5.41) is 9.02. The van der Waals surface area contributed by atoms with Gasteiger partial charge in [-0.1, -0.05) is 30.3 Å². The van der Waals surface area contributed by atoms with E-state index in [0.29, 0.717) is 6.54 Å². The molecular weight excluding hydrogens is 270 g/mol. The van der Waals surface area contributed by atoms with Gasteiger partial charge in [-0.15, -0.1) is 0 Å². The van der Waals surface area contributed by atoms with E-state index in [1.165, 1.54) is 0 Å². The molecule has 3 nitrogen and oxygen atoms in total. The molecule has 0 aliphatic carbocycles. The van der Waals surface area contributed by atoms with Gasteiger partial charge in [0.1, 0.15) is 5.69 Å². The maximum atomic E-state index is 11.0. The minimum atomic E-state index is -0.915. The molecule has 0 saturated carbocycles. The van der Waals surface area contributed by atoms with E-state index >= 15 is 0 Å². The van der Waals surface area contributed by atoms with Crippen LogP contribution < -0.4 is 0 Å². The number of nitrogens with zero attached hydrogens (tertiary/aromatic N) is 1. The Kier molecular flexibility index (Phi) is 3.10. The predicted molar refractivity (Wildman–Crippen MR) is 64.6 cm³/mol. The van der Waals surface area contributed by atoms with Crippen molar-refractivity contribution in [2.24, 2.45) is 0 Å². The van der Waals surface area contributed by atoms with Crippen LogP contribution in [-0.2, 0) is 6.54 Å². The molecule has 0 fully saturated rings. The topological polar surface area (TPSA) is 42.2 Å². The van der Waals surface area contributed by atoms with Crippen LogP contribution in [-0.4, -0.2) is 15.6 Å². The van der Waals surface area contributed by atoms with E-state index in [0.717, 1.165) is 10.0 Å². The van der Waals surface area contributed by atoms with Gasteiger partial charge in [0.2, 0.25) is 0 Å². The molecule has 0 spiro atoms. The van der Waals surface area contributed by atoms with E-state index < -0.39 is 5.97 Å². The first kappa shape index (κ1) is 11.0. The summed E-state index contributed by atoms with van der Waals surface area (Å²) in [4.78, 5) is 11.0. The maximum absolute atomic E-state index is 11.0. The first-order valence-electron chi connectivity index (χ1n) is 4.80. The smallest absolute Gasteiger partial charge is 0.352 e. The zero-order chi connectivity index (χ0) is 11.5. The van der Waals surface area contributed by atoms with Crippen molar-refractivity contribution >= 4 is 21.9 Å². The molecule has 0 amide bonds. The summed E-state index contributed by atoms with van der Waals surface area (Å²) >= 11 is 3.28. The van der Waals surface area contributed by atoms with Crippen molar-refractivity contribution < 1.29 is 9.90 Å². The van der Waals surface area contributed by atoms with Gasteiger partial charge in [-0.3, -0.25) is 0 Å². The number of carboxylic acid groups (broad SMARTS) is 1. The van der Waals surface area contributed by atoms with Crippen LogP contribution in [0.25, 0.3) is 0 Å². The van der Waals surface area contributed by atoms with Gasteiger partial charge in [-0.25, -0.2) is 4.79 Å². The summed E-state index contributed by atoms with van der Waals surface area (Å²) in [6.45, 7) is 0.564. The van der Waals surface area contributed by atoms with Crippen LogP contribution in [0.3, 0.4) is 0 Å². The third-order valence-corrected chi connectivity index (χ3v) is 2.71. The lowest BCUT2D eigenvalue weighted by Gasteiger charge is -2.05. The zero-order valence-corrected chi connectivity index (χ0v) is 10.0. The van der Waals surface area contributed by atoms with Crippen molar-refractivity contribution in [2.75, 3.05) is 0 Å². The van der Waals surface area contributed by atoms with Crippen LogP contribution in [0, 0.1) is 0 Å². The normalized spacial score (nSPS) is 10.3. The van der Waals surface area contributed by atoms with Crippen LogP contribution in [0.15, 0.2) is 47.1 Å². The fraction of sp³-hybridized carbons (Fsp3) is 0.0833. The highest BCUT2D eigenvalue weighted by Crippen LogP contribution is 2.16. The SMILES string of the molecule is O=C(O)c1cc(Br)cn1Cc1ccccc1. The Morgan fingerprint density at radius 3 is 2.62 bits per heavy atom. The summed E-state index contributed by atoms with van der Waals surface area (Å²) < 4.78 is 2.49. The molecule has 2 aromatic rings. The van der Waals surface area contributed by atoms with Crippen LogP contribution in [0.5, 0.6) is 0 Å². The minimum Gasteiger partial charge on any atom is -0.477 e. The van der Waals surface area contributed by atoms with Crippen LogP contribution >= 0.6 is 15.9 Å². The van der Waals surface area contributed by atoms with Crippen molar-refractivity contribution in [3.05, 3.63) is 58.3 Å². The molecular formula is C12H10BrNO2. The monoisotopic (exact) mass is 279 g/mol. The molecule has 0 aliphatic rings. The second-order valence-corrected chi connectivity index (χ2v) is 4.38. The lowest BCUT2D eigenvalue weighted by atomic mass is 10.2. The number of aromatic nitrogens is 1. The number of carboxylic acids is 1. The van der Waals surface area contributed by atoms with Gasteiger partial charge < -0.3 is 9.67 Å². The average molecular weight is 280 g/mol. The highest BCUT2D eigenvalue weighted by Gasteiger charge is 2.11. The fourth-order valence-electron chi connectivity index (χ4n) is 1.56. The molecule has 0 saturated heterocycles. The fourth-order valence-corrected chi connectivity index (χ4v) is 2.03. The third kappa shape index (κ3) is 2.33. The second kappa shape index (κ2) is 4.53. The van der Waals surface area contributed by atoms with Gasteiger partial charge in [0.25, 0.3) is 0 Å². The van der Waals surface area contributed by atoms with E-state index in [1.807, 2.05) is 30.3 Å². The van der Waals surface area contributed by atoms with E-state index in [1.54, 1.807) is 16.8 Å². The van der Waals surface area contributed by atoms with Crippen molar-refractivity contribution in [1.29, 1.82) is 0 Å². The van der Waals surface area contributed by atoms with E-state index in [9.17, 15) is 4.79 Å². The number of rotatable bonds is 3. The van der Waals surface area contributed by atoms with Crippen LogP contribution in [0.2, 0.25) is 0 Å². The Morgan fingerprint density at radius 1 is 1.31 bits per heavy atom. The molecule has 16 heavy (non-hydrogen) atoms. The Morgan fingerprint density at radius 2 is 2.00 bits per heavy atom. The number of benzene rings is 1. The Labute approximate surface area is 101 Å². The van der Waals surface area contributed by atoms with Crippen molar-refractivity contribution in [1.82, 2.24) is 4.57 Å². The van der Waals surface area contributed by atoms with E-state index in [2.05, 4.69) is 15.9 Å². The molecule has 1 heterocycles. The highest BCUT2D eigenvalue weighted by atomic mass is 79.9. The number of hydrogen-bond acceptors (Lipinski definition) is 1. The van der Waals surface area contributed by atoms with Crippen LogP contribution in [0.1, 0.15) is 16.1 Å². The van der Waals surface area contributed by atoms with Gasteiger partial charge in [-0.2, -0.15) is 0 Å². The summed E-state index contributed by atoms with van der Waals surface area (Å²) in [7, 11) is 0. The molecule has 2 rings (SSSR count). The molecule has 0 atom stereocenters. The lowest BCUT2D eigenvalue weighted by molar-refractivity contribution is 0.0685. The standard InChI is InChI=1S/C12H10BrNO2/c13-10-6-11(12(15)16)14(8-10)7-9-4-2-1-3-5-9/h1-6,8H,7H2,(H,15,16). The van der Waals surface area contributed by atoms with Gasteiger partial charge in [0.05, 0.1) is 0 Å². The highest BCUT2D eigenvalue weighted by molar-refractivity contribution is 9.10. The molecule has 1 aromatic carbocycles. The molecule has 1 N–H and O–H groups in total. The lowest BCUT2D eigenvalue weighted by Crippen LogP contribution is -2.08. The van der Waals surface area contributed by atoms with E-state index in [-0.39, 0.29) is 5.69 Å². The first-order valence-corrected chi connectivity index (χ1v) is 5.59. The third-order valence-electron chi connectivity index (χ3n) is 2.28. The molecule has 1 aromatic heterocycles. The number of aromatic carboxylic acids is 1. The van der Waals surface area contributed by atoms with Gasteiger partial charge in [0.15, 0.2) is 0 Å². The summed E-state index contributed by atoms with van der Waals surface area (Å²) in [6.07, 6.45) is 1.77. The first-order chi connectivity index (χ1) is 7.66. The average Bonchev–Trinajstić information content (AvgIpc) is 2.61. The molecule has 0 unspecified atom stereocenters. The summed E-state index contributed by atoms with van der Waals surface area (Å²) in [5.74, 6) is -0.915. The largest absolute Gasteiger partial charge is 0.477 e. The molecule has 82 valence electrons. The Balaban J connectivity index is 2.31. The van der Waals surface area contributed by atoms with Gasteiger partial charge in [-0.05, 0) is 27.6 Å². The molecule has 0 radical (unpaired) electrons. The minimum absolute atomic E-state index is 0.288. The van der Waals surface area contributed by atoms with E-state index in [4.69, 9.17) is 5.11 Å². The van der Waals surface area contributed by atoms with Gasteiger partial charge >= 0.3 is 5.97 Å². The number of carbonyl (C=O) groups is 1. The van der Waals surface area contributed by atoms with Crippen molar-refractivity contribution in [3.63, 3.8) is 0 Å². The molecule has 0 aliphatic heterocycles. The van der Waals surface area contributed by atoms with Crippen LogP contribution in [0.4, 0.5) is 0 Å². The van der Waals surface area contributed by atoms with Crippen molar-refractivity contribution in [3.8, 4) is 0 Å². The molecule has 4 heteroatoms. The summed E-state index contributed by atoms with van der Waals surface area (Å²) in [5.41, 5.74) is 1.36. The Bertz CT molecular complexity index is 505. The maximum Gasteiger partial charge on any atom is 0.352 e. The zero-order valence-electron chi connectivity index (χ0n) is 8.43. The second-order valence-electron chi connectivity index (χ2n) is 3.46.